The van der Waals surface area contributed by atoms with Gasteiger partial charge in [0.15, 0.2) is 0 Å². The summed E-state index contributed by atoms with van der Waals surface area (Å²) in [5, 5.41) is 5.15. The van der Waals surface area contributed by atoms with Gasteiger partial charge in [-0.25, -0.2) is 13.1 Å². The molecule has 1 aromatic heterocycles. The molecule has 2 heterocycles. The van der Waals surface area contributed by atoms with Crippen LogP contribution in [0.2, 0.25) is 0 Å². The van der Waals surface area contributed by atoms with Crippen LogP contribution in [0, 0.1) is 6.92 Å². The first kappa shape index (κ1) is 17.9. The second-order valence-corrected chi connectivity index (χ2v) is 7.84. The molecule has 0 spiro atoms. The van der Waals surface area contributed by atoms with Crippen LogP contribution in [-0.2, 0) is 14.8 Å². The molecule has 2 N–H and O–H groups in total. The SMILES string of the molecule is COCC1(CNS(=O)(=O)c2sccc2C)CCCN1.Cl. The van der Waals surface area contributed by atoms with Crippen LogP contribution in [0.25, 0.3) is 0 Å². The molecule has 5 nitrogen and oxygen atoms in total. The van der Waals surface area contributed by atoms with Crippen molar-refractivity contribution in [3.8, 4) is 0 Å². The molecule has 116 valence electrons. The van der Waals surface area contributed by atoms with Crippen LogP contribution in [0.1, 0.15) is 18.4 Å². The van der Waals surface area contributed by atoms with Gasteiger partial charge in [-0.3, -0.25) is 0 Å². The van der Waals surface area contributed by atoms with E-state index in [9.17, 15) is 8.42 Å². The molecule has 1 aliphatic rings. The van der Waals surface area contributed by atoms with Crippen molar-refractivity contribution in [3.05, 3.63) is 17.0 Å². The summed E-state index contributed by atoms with van der Waals surface area (Å²) in [5.41, 5.74) is 0.519. The van der Waals surface area contributed by atoms with Gasteiger partial charge in [0.1, 0.15) is 4.21 Å². The second-order valence-electron chi connectivity index (χ2n) is 4.96. The quantitative estimate of drug-likeness (QED) is 0.824. The maximum absolute atomic E-state index is 12.2. The van der Waals surface area contributed by atoms with Crippen LogP contribution in [-0.4, -0.2) is 40.8 Å². The number of rotatable bonds is 6. The van der Waals surface area contributed by atoms with E-state index in [0.717, 1.165) is 24.9 Å². The zero-order valence-corrected chi connectivity index (χ0v) is 14.1. The van der Waals surface area contributed by atoms with E-state index < -0.39 is 10.0 Å². The topological polar surface area (TPSA) is 67.4 Å². The smallest absolute Gasteiger partial charge is 0.250 e. The highest BCUT2D eigenvalue weighted by Crippen LogP contribution is 2.23. The molecule has 2 rings (SSSR count). The van der Waals surface area contributed by atoms with Crippen LogP contribution in [0.4, 0.5) is 0 Å². The number of sulfonamides is 1. The Bertz CT molecular complexity index is 525. The molecule has 0 aliphatic carbocycles. The Hall–Kier alpha value is -0.180. The summed E-state index contributed by atoms with van der Waals surface area (Å²) in [7, 11) is -1.78. The highest BCUT2D eigenvalue weighted by molar-refractivity contribution is 7.91. The van der Waals surface area contributed by atoms with Crippen molar-refractivity contribution in [2.75, 3.05) is 26.8 Å². The number of hydrogen-bond donors (Lipinski definition) is 2. The lowest BCUT2D eigenvalue weighted by Gasteiger charge is -2.28. The van der Waals surface area contributed by atoms with Gasteiger partial charge in [0.05, 0.1) is 12.1 Å². The molecule has 1 aromatic rings. The van der Waals surface area contributed by atoms with Gasteiger partial charge in [0.2, 0.25) is 10.0 Å². The molecule has 1 unspecified atom stereocenters. The number of halogens is 1. The molecule has 20 heavy (non-hydrogen) atoms. The normalized spacial score (nSPS) is 22.7. The molecule has 1 atom stereocenters. The fourth-order valence-electron chi connectivity index (χ4n) is 2.40. The first-order valence-corrected chi connectivity index (χ1v) is 8.63. The maximum atomic E-state index is 12.2. The summed E-state index contributed by atoms with van der Waals surface area (Å²) >= 11 is 1.25. The molecule has 0 saturated carbocycles. The average molecular weight is 341 g/mol. The molecule has 0 bridgehead atoms. The monoisotopic (exact) mass is 340 g/mol. The van der Waals surface area contributed by atoms with Crippen molar-refractivity contribution >= 4 is 33.8 Å². The summed E-state index contributed by atoms with van der Waals surface area (Å²) in [6, 6.07) is 1.82. The molecule has 0 aromatic carbocycles. The number of nitrogens with one attached hydrogen (secondary N) is 2. The van der Waals surface area contributed by atoms with Crippen LogP contribution >= 0.6 is 23.7 Å². The van der Waals surface area contributed by atoms with Crippen LogP contribution in [0.15, 0.2) is 15.7 Å². The Kier molecular flexibility index (Phi) is 6.43. The number of methoxy groups -OCH3 is 1. The van der Waals surface area contributed by atoms with Gasteiger partial charge < -0.3 is 10.1 Å². The standard InChI is InChI=1S/C12H20N2O3S2.ClH/c1-10-4-7-18-11(10)19(15,16)14-8-12(9-17-2)5-3-6-13-12;/h4,7,13-14H,3,5-6,8-9H2,1-2H3;1H. The fourth-order valence-corrected chi connectivity index (χ4v) is 4.99. The minimum Gasteiger partial charge on any atom is -0.383 e. The van der Waals surface area contributed by atoms with E-state index in [2.05, 4.69) is 10.0 Å². The number of thiophene rings is 1. The average Bonchev–Trinajstić information content (AvgIpc) is 2.97. The zero-order chi connectivity index (χ0) is 13.9. The van der Waals surface area contributed by atoms with E-state index in [1.54, 1.807) is 12.5 Å². The predicted octanol–water partition coefficient (Wildman–Crippen LogP) is 1.53. The van der Waals surface area contributed by atoms with Crippen LogP contribution < -0.4 is 10.0 Å². The Balaban J connectivity index is 0.00000200. The van der Waals surface area contributed by atoms with Gasteiger partial charge in [-0.05, 0) is 43.3 Å². The number of hydrogen-bond acceptors (Lipinski definition) is 5. The van der Waals surface area contributed by atoms with Crippen molar-refractivity contribution in [3.63, 3.8) is 0 Å². The summed E-state index contributed by atoms with van der Waals surface area (Å²) in [6.07, 6.45) is 1.97. The van der Waals surface area contributed by atoms with Gasteiger partial charge in [-0.1, -0.05) is 0 Å². The summed E-state index contributed by atoms with van der Waals surface area (Å²) in [4.78, 5) is 0. The molecule has 8 heteroatoms. The second kappa shape index (κ2) is 7.20. The van der Waals surface area contributed by atoms with Crippen molar-refractivity contribution in [1.29, 1.82) is 0 Å². The van der Waals surface area contributed by atoms with E-state index in [1.807, 2.05) is 13.0 Å². The third kappa shape index (κ3) is 3.93. The lowest BCUT2D eigenvalue weighted by molar-refractivity contribution is 0.122. The zero-order valence-electron chi connectivity index (χ0n) is 11.6. The van der Waals surface area contributed by atoms with Gasteiger partial charge in [0.25, 0.3) is 0 Å². The van der Waals surface area contributed by atoms with Gasteiger partial charge >= 0.3 is 0 Å². The van der Waals surface area contributed by atoms with E-state index in [1.165, 1.54) is 11.3 Å². The first-order valence-electron chi connectivity index (χ1n) is 6.27. The molecular weight excluding hydrogens is 320 g/mol. The number of aryl methyl sites for hydroxylation is 1. The maximum Gasteiger partial charge on any atom is 0.250 e. The largest absolute Gasteiger partial charge is 0.383 e. The van der Waals surface area contributed by atoms with Crippen LogP contribution in [0.3, 0.4) is 0 Å². The Morgan fingerprint density at radius 3 is 2.80 bits per heavy atom. The van der Waals surface area contributed by atoms with Crippen molar-refractivity contribution in [2.24, 2.45) is 0 Å². The lowest BCUT2D eigenvalue weighted by Crippen LogP contribution is -2.52. The van der Waals surface area contributed by atoms with Crippen molar-refractivity contribution in [2.45, 2.75) is 29.5 Å². The minimum absolute atomic E-state index is 0. The lowest BCUT2D eigenvalue weighted by atomic mass is 9.99. The molecule has 1 fully saturated rings. The first-order chi connectivity index (χ1) is 8.99. The summed E-state index contributed by atoms with van der Waals surface area (Å²) in [5.74, 6) is 0. The van der Waals surface area contributed by atoms with Gasteiger partial charge in [0, 0.05) is 13.7 Å². The van der Waals surface area contributed by atoms with E-state index >= 15 is 0 Å². The predicted molar refractivity (Wildman–Crippen MR) is 83.3 cm³/mol. The van der Waals surface area contributed by atoms with E-state index in [0.29, 0.717) is 17.4 Å². The molecule has 1 saturated heterocycles. The highest BCUT2D eigenvalue weighted by atomic mass is 35.5. The Labute approximate surface area is 130 Å². The Morgan fingerprint density at radius 2 is 2.30 bits per heavy atom. The third-order valence-corrected chi connectivity index (χ3v) is 6.50. The van der Waals surface area contributed by atoms with Gasteiger partial charge in [-0.2, -0.15) is 0 Å². The van der Waals surface area contributed by atoms with E-state index in [4.69, 9.17) is 4.74 Å². The fraction of sp³-hybridized carbons (Fsp3) is 0.667. The van der Waals surface area contributed by atoms with E-state index in [-0.39, 0.29) is 17.9 Å². The van der Waals surface area contributed by atoms with Crippen molar-refractivity contribution < 1.29 is 13.2 Å². The highest BCUT2D eigenvalue weighted by Gasteiger charge is 2.35. The summed E-state index contributed by atoms with van der Waals surface area (Å²) < 4.78 is 32.8. The number of ether oxygens (including phenoxy) is 1. The Morgan fingerprint density at radius 1 is 1.55 bits per heavy atom. The minimum atomic E-state index is -3.42. The van der Waals surface area contributed by atoms with Gasteiger partial charge in [-0.15, -0.1) is 23.7 Å². The third-order valence-electron chi connectivity index (χ3n) is 3.41. The van der Waals surface area contributed by atoms with Crippen molar-refractivity contribution in [1.82, 2.24) is 10.0 Å². The molecular formula is C12H21ClN2O3S2. The molecule has 0 amide bonds. The summed E-state index contributed by atoms with van der Waals surface area (Å²) in [6.45, 7) is 3.59. The molecule has 1 aliphatic heterocycles. The molecule has 0 radical (unpaired) electrons. The van der Waals surface area contributed by atoms with Crippen LogP contribution in [0.5, 0.6) is 0 Å².